The number of aromatic amines is 1. The van der Waals surface area contributed by atoms with E-state index in [1.165, 1.54) is 0 Å². The Labute approximate surface area is 150 Å². The minimum Gasteiger partial charge on any atom is -0.394 e. The van der Waals surface area contributed by atoms with Gasteiger partial charge in [0.1, 0.15) is 18.3 Å². The average molecular weight is 386 g/mol. The fraction of sp³-hybridized carbons (Fsp3) is 0.333. The zero-order valence-electron chi connectivity index (χ0n) is 12.6. The molecule has 0 unspecified atom stereocenters. The van der Waals surface area contributed by atoms with Gasteiger partial charge >= 0.3 is 5.69 Å². The first-order valence-corrected chi connectivity index (χ1v) is 8.18. The average Bonchev–Trinajstić information content (AvgIpc) is 3.03. The third-order valence-corrected chi connectivity index (χ3v) is 5.03. The van der Waals surface area contributed by atoms with Crippen LogP contribution in [0.15, 0.2) is 23.0 Å². The summed E-state index contributed by atoms with van der Waals surface area (Å²) in [5.74, 6) is 0. The molecule has 3 aromatic rings. The van der Waals surface area contributed by atoms with Crippen molar-refractivity contribution in [2.45, 2.75) is 24.5 Å². The second kappa shape index (κ2) is 5.94. The van der Waals surface area contributed by atoms with Gasteiger partial charge in [-0.3, -0.25) is 9.55 Å². The van der Waals surface area contributed by atoms with Gasteiger partial charge in [0.25, 0.3) is 0 Å². The lowest BCUT2D eigenvalue weighted by Gasteiger charge is -2.16. The fourth-order valence-corrected chi connectivity index (χ4v) is 3.38. The van der Waals surface area contributed by atoms with Crippen molar-refractivity contribution in [2.75, 3.05) is 6.61 Å². The Balaban J connectivity index is 1.92. The fourth-order valence-electron chi connectivity index (χ4n) is 3.05. The van der Waals surface area contributed by atoms with Gasteiger partial charge in [0, 0.05) is 5.39 Å². The molecule has 1 aliphatic rings. The molecule has 4 N–H and O–H groups in total. The van der Waals surface area contributed by atoms with E-state index in [0.717, 1.165) is 4.57 Å². The van der Waals surface area contributed by atoms with E-state index in [9.17, 15) is 20.1 Å². The number of nitrogens with one attached hydrogen (secondary N) is 1. The number of H-pyrrole nitrogens is 1. The molecule has 8 nitrogen and oxygen atoms in total. The molecule has 3 heterocycles. The monoisotopic (exact) mass is 385 g/mol. The lowest BCUT2D eigenvalue weighted by atomic mass is 10.1. The standard InChI is InChI=1S/C15H13Cl2N3O5/c16-6-1-5-2-9-13(18-8(5)3-7(6)17)19-15(24)20(9)14-12(23)11(22)10(4-21)25-14/h1-3,10-12,14,21-23H,4H2,(H,18,19,24)/t10-,11-,12-,14-/m1/s1. The van der Waals surface area contributed by atoms with Crippen molar-refractivity contribution >= 4 is 45.3 Å². The highest BCUT2D eigenvalue weighted by molar-refractivity contribution is 6.42. The second-order valence-electron chi connectivity index (χ2n) is 5.84. The van der Waals surface area contributed by atoms with Crippen molar-refractivity contribution in [1.82, 2.24) is 14.5 Å². The summed E-state index contributed by atoms with van der Waals surface area (Å²) in [6, 6.07) is 4.86. The van der Waals surface area contributed by atoms with Crippen molar-refractivity contribution < 1.29 is 20.1 Å². The number of rotatable bonds is 2. The van der Waals surface area contributed by atoms with Gasteiger partial charge in [-0.2, -0.15) is 0 Å². The number of hydrogen-bond donors (Lipinski definition) is 4. The first kappa shape index (κ1) is 16.8. The molecule has 4 atom stereocenters. The van der Waals surface area contributed by atoms with Crippen LogP contribution in [0.25, 0.3) is 22.1 Å². The van der Waals surface area contributed by atoms with Crippen LogP contribution in [0.4, 0.5) is 0 Å². The Hall–Kier alpha value is -1.68. The normalized spacial score (nSPS) is 26.8. The van der Waals surface area contributed by atoms with E-state index < -0.39 is 36.8 Å². The summed E-state index contributed by atoms with van der Waals surface area (Å²) in [6.07, 6.45) is -4.83. The molecule has 0 spiro atoms. The molecule has 1 saturated heterocycles. The topological polar surface area (TPSA) is 121 Å². The van der Waals surface area contributed by atoms with Crippen LogP contribution in [0.1, 0.15) is 6.23 Å². The summed E-state index contributed by atoms with van der Waals surface area (Å²) in [6.45, 7) is -0.485. The molecule has 0 amide bonds. The van der Waals surface area contributed by atoms with Crippen LogP contribution in [-0.4, -0.2) is 54.8 Å². The van der Waals surface area contributed by atoms with Gasteiger partial charge in [-0.1, -0.05) is 23.2 Å². The van der Waals surface area contributed by atoms with E-state index in [1.807, 2.05) is 0 Å². The number of aromatic nitrogens is 3. The third-order valence-electron chi connectivity index (χ3n) is 4.31. The van der Waals surface area contributed by atoms with Crippen molar-refractivity contribution in [3.05, 3.63) is 38.7 Å². The number of hydrogen-bond acceptors (Lipinski definition) is 6. The minimum absolute atomic E-state index is 0.272. The number of pyridine rings is 1. The smallest absolute Gasteiger partial charge is 0.329 e. The van der Waals surface area contributed by atoms with Gasteiger partial charge in [-0.25, -0.2) is 9.78 Å². The quantitative estimate of drug-likeness (QED) is 0.517. The lowest BCUT2D eigenvalue weighted by molar-refractivity contribution is -0.0522. The zero-order valence-corrected chi connectivity index (χ0v) is 14.1. The zero-order chi connectivity index (χ0) is 17.9. The van der Waals surface area contributed by atoms with Crippen molar-refractivity contribution in [3.8, 4) is 0 Å². The van der Waals surface area contributed by atoms with Crippen LogP contribution in [0.5, 0.6) is 0 Å². The van der Waals surface area contributed by atoms with Gasteiger partial charge in [0.2, 0.25) is 0 Å². The Morgan fingerprint density at radius 2 is 1.92 bits per heavy atom. The van der Waals surface area contributed by atoms with Crippen LogP contribution in [-0.2, 0) is 4.74 Å². The SMILES string of the molecule is O=c1[nH]c2nc3cc(Cl)c(Cl)cc3cc2n1[C@@H]1O[C@H](CO)[C@@H](O)[C@H]1O. The van der Waals surface area contributed by atoms with E-state index in [2.05, 4.69) is 9.97 Å². The maximum absolute atomic E-state index is 12.4. The van der Waals surface area contributed by atoms with Crippen molar-refractivity contribution in [2.24, 2.45) is 0 Å². The number of imidazole rings is 1. The molecule has 25 heavy (non-hydrogen) atoms. The molecular weight excluding hydrogens is 373 g/mol. The summed E-state index contributed by atoms with van der Waals surface area (Å²) in [5.41, 5.74) is 0.612. The Morgan fingerprint density at radius 1 is 1.20 bits per heavy atom. The summed E-state index contributed by atoms with van der Waals surface area (Å²) in [7, 11) is 0. The first-order valence-electron chi connectivity index (χ1n) is 7.43. The van der Waals surface area contributed by atoms with Gasteiger partial charge < -0.3 is 20.1 Å². The van der Waals surface area contributed by atoms with E-state index >= 15 is 0 Å². The Kier molecular flexibility index (Phi) is 3.99. The molecule has 4 rings (SSSR count). The van der Waals surface area contributed by atoms with Gasteiger partial charge in [0.15, 0.2) is 11.9 Å². The molecule has 10 heteroatoms. The predicted molar refractivity (Wildman–Crippen MR) is 90.9 cm³/mol. The van der Waals surface area contributed by atoms with Crippen LogP contribution in [0.2, 0.25) is 10.0 Å². The molecule has 132 valence electrons. The number of aliphatic hydroxyl groups excluding tert-OH is 3. The summed E-state index contributed by atoms with van der Waals surface area (Å²) in [5, 5.41) is 30.6. The van der Waals surface area contributed by atoms with Crippen LogP contribution >= 0.6 is 23.2 Å². The third kappa shape index (κ3) is 2.53. The first-order chi connectivity index (χ1) is 11.9. The van der Waals surface area contributed by atoms with Gasteiger partial charge in [0.05, 0.1) is 27.7 Å². The number of ether oxygens (including phenoxy) is 1. The highest BCUT2D eigenvalue weighted by Gasteiger charge is 2.44. The van der Waals surface area contributed by atoms with Crippen molar-refractivity contribution in [1.29, 1.82) is 0 Å². The molecule has 1 aromatic carbocycles. The highest BCUT2D eigenvalue weighted by Crippen LogP contribution is 2.32. The largest absolute Gasteiger partial charge is 0.394 e. The molecule has 0 radical (unpaired) electrons. The van der Waals surface area contributed by atoms with E-state index in [0.29, 0.717) is 26.5 Å². The van der Waals surface area contributed by atoms with Crippen LogP contribution in [0, 0.1) is 0 Å². The molecule has 1 aliphatic heterocycles. The Bertz CT molecular complexity index is 1030. The number of halogens is 2. The Morgan fingerprint density at radius 3 is 2.60 bits per heavy atom. The highest BCUT2D eigenvalue weighted by atomic mass is 35.5. The number of benzene rings is 1. The maximum Gasteiger partial charge on any atom is 0.329 e. The van der Waals surface area contributed by atoms with E-state index in [1.54, 1.807) is 18.2 Å². The molecule has 1 fully saturated rings. The molecule has 0 bridgehead atoms. The molecule has 0 aliphatic carbocycles. The molecular formula is C15H13Cl2N3O5. The minimum atomic E-state index is -1.38. The van der Waals surface area contributed by atoms with Crippen LogP contribution in [0.3, 0.4) is 0 Å². The number of nitrogens with zero attached hydrogens (tertiary/aromatic N) is 2. The second-order valence-corrected chi connectivity index (χ2v) is 6.66. The van der Waals surface area contributed by atoms with E-state index in [-0.39, 0.29) is 5.65 Å². The van der Waals surface area contributed by atoms with Crippen molar-refractivity contribution in [3.63, 3.8) is 0 Å². The van der Waals surface area contributed by atoms with Gasteiger partial charge in [-0.15, -0.1) is 0 Å². The predicted octanol–water partition coefficient (Wildman–Crippen LogP) is 0.796. The maximum atomic E-state index is 12.4. The number of fused-ring (bicyclic) bond motifs is 2. The lowest BCUT2D eigenvalue weighted by Crippen LogP contribution is -2.34. The van der Waals surface area contributed by atoms with E-state index in [4.69, 9.17) is 27.9 Å². The molecule has 0 saturated carbocycles. The van der Waals surface area contributed by atoms with Crippen LogP contribution < -0.4 is 5.69 Å². The summed E-state index contributed by atoms with van der Waals surface area (Å²) >= 11 is 12.0. The number of aliphatic hydroxyl groups is 3. The molecule has 2 aromatic heterocycles. The summed E-state index contributed by atoms with van der Waals surface area (Å²) in [4.78, 5) is 19.3. The summed E-state index contributed by atoms with van der Waals surface area (Å²) < 4.78 is 6.60. The van der Waals surface area contributed by atoms with Gasteiger partial charge in [-0.05, 0) is 18.2 Å².